The Morgan fingerprint density at radius 2 is 2.16 bits per heavy atom. The van der Waals surface area contributed by atoms with Crippen molar-refractivity contribution in [3.05, 3.63) is 28.8 Å². The SMILES string of the molecule is CCC1OCCC1C(O)c1ccc(C)c(C)c1OC. The van der Waals surface area contributed by atoms with Gasteiger partial charge >= 0.3 is 0 Å². The Hall–Kier alpha value is -1.06. The molecule has 0 bridgehead atoms. The number of rotatable bonds is 4. The van der Waals surface area contributed by atoms with Crippen LogP contribution in [-0.2, 0) is 4.74 Å². The summed E-state index contributed by atoms with van der Waals surface area (Å²) in [5, 5.41) is 10.7. The summed E-state index contributed by atoms with van der Waals surface area (Å²) < 4.78 is 11.2. The largest absolute Gasteiger partial charge is 0.496 e. The number of hydrogen-bond acceptors (Lipinski definition) is 3. The van der Waals surface area contributed by atoms with Gasteiger partial charge in [0.1, 0.15) is 5.75 Å². The molecule has 0 spiro atoms. The van der Waals surface area contributed by atoms with Crippen LogP contribution < -0.4 is 4.74 Å². The van der Waals surface area contributed by atoms with E-state index in [0.29, 0.717) is 0 Å². The van der Waals surface area contributed by atoms with E-state index in [9.17, 15) is 5.11 Å². The summed E-state index contributed by atoms with van der Waals surface area (Å²) >= 11 is 0. The summed E-state index contributed by atoms with van der Waals surface area (Å²) in [6, 6.07) is 4.03. The Balaban J connectivity index is 2.33. The van der Waals surface area contributed by atoms with Crippen molar-refractivity contribution >= 4 is 0 Å². The molecule has 3 heteroatoms. The molecular weight excluding hydrogens is 240 g/mol. The maximum Gasteiger partial charge on any atom is 0.127 e. The predicted molar refractivity (Wildman–Crippen MR) is 75.6 cm³/mol. The molecule has 3 atom stereocenters. The number of aryl methyl sites for hydroxylation is 1. The number of ether oxygens (including phenoxy) is 2. The standard InChI is InChI=1S/C16H24O3/c1-5-14-12(8-9-19-14)15(17)13-7-6-10(2)11(3)16(13)18-4/h6-7,12,14-15,17H,5,8-9H2,1-4H3. The van der Waals surface area contributed by atoms with Gasteiger partial charge in [0, 0.05) is 18.1 Å². The van der Waals surface area contributed by atoms with E-state index < -0.39 is 6.10 Å². The Bertz CT molecular complexity index is 442. The van der Waals surface area contributed by atoms with Crippen molar-refractivity contribution in [2.24, 2.45) is 5.92 Å². The second-order valence-corrected chi connectivity index (χ2v) is 5.34. The summed E-state index contributed by atoms with van der Waals surface area (Å²) in [4.78, 5) is 0. The number of hydrogen-bond donors (Lipinski definition) is 1. The molecule has 2 rings (SSSR count). The van der Waals surface area contributed by atoms with Gasteiger partial charge in [0.05, 0.1) is 19.3 Å². The fraction of sp³-hybridized carbons (Fsp3) is 0.625. The molecule has 1 fully saturated rings. The lowest BCUT2D eigenvalue weighted by molar-refractivity contribution is 0.0297. The Morgan fingerprint density at radius 1 is 1.42 bits per heavy atom. The van der Waals surface area contributed by atoms with Crippen LogP contribution in [0.4, 0.5) is 0 Å². The van der Waals surface area contributed by atoms with Gasteiger partial charge in [-0.05, 0) is 37.8 Å². The van der Waals surface area contributed by atoms with Gasteiger partial charge in [0.15, 0.2) is 0 Å². The average molecular weight is 264 g/mol. The van der Waals surface area contributed by atoms with Gasteiger partial charge in [-0.1, -0.05) is 19.1 Å². The number of methoxy groups -OCH3 is 1. The van der Waals surface area contributed by atoms with Gasteiger partial charge in [-0.25, -0.2) is 0 Å². The topological polar surface area (TPSA) is 38.7 Å². The van der Waals surface area contributed by atoms with Crippen molar-refractivity contribution in [1.29, 1.82) is 0 Å². The zero-order chi connectivity index (χ0) is 14.0. The van der Waals surface area contributed by atoms with Crippen LogP contribution in [0.5, 0.6) is 5.75 Å². The van der Waals surface area contributed by atoms with Crippen molar-refractivity contribution in [2.75, 3.05) is 13.7 Å². The summed E-state index contributed by atoms with van der Waals surface area (Å²) in [5.74, 6) is 0.982. The minimum atomic E-state index is -0.512. The third-order valence-corrected chi connectivity index (χ3v) is 4.30. The molecule has 106 valence electrons. The Kier molecular flexibility index (Phi) is 4.48. The first-order valence-corrected chi connectivity index (χ1v) is 7.03. The molecule has 0 aromatic heterocycles. The van der Waals surface area contributed by atoms with E-state index in [1.54, 1.807) is 7.11 Å². The van der Waals surface area contributed by atoms with E-state index in [1.807, 2.05) is 19.1 Å². The highest BCUT2D eigenvalue weighted by Gasteiger charge is 2.35. The molecule has 1 saturated heterocycles. The zero-order valence-corrected chi connectivity index (χ0v) is 12.3. The molecule has 0 aliphatic carbocycles. The van der Waals surface area contributed by atoms with Gasteiger partial charge < -0.3 is 14.6 Å². The van der Waals surface area contributed by atoms with Crippen LogP contribution in [0, 0.1) is 19.8 Å². The Labute approximate surface area is 115 Å². The highest BCUT2D eigenvalue weighted by atomic mass is 16.5. The summed E-state index contributed by atoms with van der Waals surface area (Å²) in [5.41, 5.74) is 3.17. The van der Waals surface area contributed by atoms with Crippen molar-refractivity contribution < 1.29 is 14.6 Å². The smallest absolute Gasteiger partial charge is 0.127 e. The molecule has 1 N–H and O–H groups in total. The molecule has 1 aliphatic rings. The van der Waals surface area contributed by atoms with Crippen molar-refractivity contribution in [2.45, 2.75) is 45.8 Å². The zero-order valence-electron chi connectivity index (χ0n) is 12.3. The van der Waals surface area contributed by atoms with Gasteiger partial charge in [0.2, 0.25) is 0 Å². The monoisotopic (exact) mass is 264 g/mol. The van der Waals surface area contributed by atoms with Gasteiger partial charge in [-0.2, -0.15) is 0 Å². The van der Waals surface area contributed by atoms with Crippen LogP contribution in [-0.4, -0.2) is 24.9 Å². The second-order valence-electron chi connectivity index (χ2n) is 5.34. The highest BCUT2D eigenvalue weighted by molar-refractivity contribution is 5.46. The summed E-state index contributed by atoms with van der Waals surface area (Å²) in [7, 11) is 1.67. The van der Waals surface area contributed by atoms with Gasteiger partial charge in [-0.15, -0.1) is 0 Å². The molecule has 0 radical (unpaired) electrons. The molecule has 1 aromatic carbocycles. The predicted octanol–water partition coefficient (Wildman–Crippen LogP) is 3.16. The van der Waals surface area contributed by atoms with Crippen LogP contribution in [0.15, 0.2) is 12.1 Å². The summed E-state index contributed by atoms with van der Waals surface area (Å²) in [6.45, 7) is 6.94. The lowest BCUT2D eigenvalue weighted by Gasteiger charge is -2.25. The molecule has 0 amide bonds. The molecule has 0 saturated carbocycles. The van der Waals surface area contributed by atoms with Crippen LogP contribution in [0.1, 0.15) is 42.6 Å². The minimum Gasteiger partial charge on any atom is -0.496 e. The molecule has 1 aromatic rings. The van der Waals surface area contributed by atoms with Crippen LogP contribution >= 0.6 is 0 Å². The van der Waals surface area contributed by atoms with E-state index in [4.69, 9.17) is 9.47 Å². The minimum absolute atomic E-state index is 0.154. The third-order valence-electron chi connectivity index (χ3n) is 4.30. The van der Waals surface area contributed by atoms with E-state index in [0.717, 1.165) is 36.3 Å². The molecule has 3 unspecified atom stereocenters. The van der Waals surface area contributed by atoms with Gasteiger partial charge in [0.25, 0.3) is 0 Å². The third kappa shape index (κ3) is 2.63. The first-order valence-electron chi connectivity index (χ1n) is 7.03. The molecular formula is C16H24O3. The van der Waals surface area contributed by atoms with Crippen molar-refractivity contribution in [1.82, 2.24) is 0 Å². The highest BCUT2D eigenvalue weighted by Crippen LogP contribution is 2.39. The first-order chi connectivity index (χ1) is 9.10. The number of aliphatic hydroxyl groups is 1. The second kappa shape index (κ2) is 5.93. The lowest BCUT2D eigenvalue weighted by Crippen LogP contribution is -2.22. The first kappa shape index (κ1) is 14.4. The molecule has 1 aliphatic heterocycles. The quantitative estimate of drug-likeness (QED) is 0.908. The van der Waals surface area contributed by atoms with Gasteiger partial charge in [-0.3, -0.25) is 0 Å². The normalized spacial score (nSPS) is 24.5. The van der Waals surface area contributed by atoms with Crippen molar-refractivity contribution in [3.8, 4) is 5.75 Å². The maximum atomic E-state index is 10.7. The number of benzene rings is 1. The van der Waals surface area contributed by atoms with E-state index >= 15 is 0 Å². The lowest BCUT2D eigenvalue weighted by atomic mass is 9.87. The number of aliphatic hydroxyl groups excluding tert-OH is 1. The molecule has 3 nitrogen and oxygen atoms in total. The fourth-order valence-corrected chi connectivity index (χ4v) is 2.99. The van der Waals surface area contributed by atoms with Crippen LogP contribution in [0.3, 0.4) is 0 Å². The summed E-state index contributed by atoms with van der Waals surface area (Å²) in [6.07, 6.45) is 1.49. The van der Waals surface area contributed by atoms with E-state index in [-0.39, 0.29) is 12.0 Å². The Morgan fingerprint density at radius 3 is 2.79 bits per heavy atom. The van der Waals surface area contributed by atoms with E-state index in [1.165, 1.54) is 5.56 Å². The van der Waals surface area contributed by atoms with Crippen molar-refractivity contribution in [3.63, 3.8) is 0 Å². The fourth-order valence-electron chi connectivity index (χ4n) is 2.99. The molecule has 1 heterocycles. The van der Waals surface area contributed by atoms with Crippen LogP contribution in [0.25, 0.3) is 0 Å². The van der Waals surface area contributed by atoms with Crippen LogP contribution in [0.2, 0.25) is 0 Å². The maximum absolute atomic E-state index is 10.7. The molecule has 19 heavy (non-hydrogen) atoms. The average Bonchev–Trinajstić information content (AvgIpc) is 2.89. The van der Waals surface area contributed by atoms with E-state index in [2.05, 4.69) is 13.8 Å².